The minimum atomic E-state index is -0.149. The van der Waals surface area contributed by atoms with Crippen LogP contribution in [0.2, 0.25) is 0 Å². The second-order valence-corrected chi connectivity index (χ2v) is 6.73. The summed E-state index contributed by atoms with van der Waals surface area (Å²) in [5.74, 6) is -0.147. The average molecular weight is 357 g/mol. The molecule has 0 aromatic heterocycles. The lowest BCUT2D eigenvalue weighted by Gasteiger charge is -2.19. The van der Waals surface area contributed by atoms with Crippen molar-refractivity contribution in [3.63, 3.8) is 0 Å². The van der Waals surface area contributed by atoms with Crippen molar-refractivity contribution in [1.29, 1.82) is 0 Å². The van der Waals surface area contributed by atoms with Gasteiger partial charge in [0, 0.05) is 23.6 Å². The predicted molar refractivity (Wildman–Crippen MR) is 107 cm³/mol. The number of carbonyl (C=O) groups excluding carboxylic acids is 2. The topological polar surface area (TPSA) is 70.6 Å². The van der Waals surface area contributed by atoms with Gasteiger partial charge in [-0.1, -0.05) is 49.4 Å². The van der Waals surface area contributed by atoms with Crippen LogP contribution in [-0.2, 0) is 4.79 Å². The van der Waals surface area contributed by atoms with Crippen molar-refractivity contribution < 1.29 is 9.59 Å². The molecule has 0 spiro atoms. The van der Waals surface area contributed by atoms with Gasteiger partial charge in [-0.25, -0.2) is 5.43 Å². The number of anilines is 1. The van der Waals surface area contributed by atoms with Crippen LogP contribution in [0, 0.1) is 5.92 Å². The Labute approximate surface area is 157 Å². The third-order valence-corrected chi connectivity index (χ3v) is 4.71. The van der Waals surface area contributed by atoms with Crippen LogP contribution in [0.15, 0.2) is 71.8 Å². The first-order valence-corrected chi connectivity index (χ1v) is 8.87. The quantitative estimate of drug-likeness (QED) is 0.745. The van der Waals surface area contributed by atoms with Gasteiger partial charge in [0.15, 0.2) is 0 Å². The summed E-state index contributed by atoms with van der Waals surface area (Å²) >= 11 is 0. The van der Waals surface area contributed by atoms with E-state index in [4.69, 9.17) is 0 Å². The predicted octanol–water partition coefficient (Wildman–Crippen LogP) is 3.95. The highest BCUT2D eigenvalue weighted by atomic mass is 16.2. The van der Waals surface area contributed by atoms with E-state index in [0.717, 1.165) is 22.0 Å². The Morgan fingerprint density at radius 2 is 1.78 bits per heavy atom. The zero-order chi connectivity index (χ0) is 18.8. The van der Waals surface area contributed by atoms with Crippen LogP contribution in [0.5, 0.6) is 0 Å². The molecule has 2 amide bonds. The van der Waals surface area contributed by atoms with Gasteiger partial charge < -0.3 is 5.32 Å². The number of hydrogen-bond acceptors (Lipinski definition) is 3. The fourth-order valence-electron chi connectivity index (χ4n) is 3.26. The van der Waals surface area contributed by atoms with Gasteiger partial charge in [0.1, 0.15) is 0 Å². The molecule has 1 atom stereocenters. The van der Waals surface area contributed by atoms with E-state index in [1.165, 1.54) is 0 Å². The average Bonchev–Trinajstić information content (AvgIpc) is 2.68. The molecule has 1 unspecified atom stereocenters. The Balaban J connectivity index is 1.50. The van der Waals surface area contributed by atoms with E-state index in [0.29, 0.717) is 17.7 Å². The highest BCUT2D eigenvalue weighted by molar-refractivity contribution is 6.08. The second-order valence-electron chi connectivity index (χ2n) is 6.73. The van der Waals surface area contributed by atoms with E-state index < -0.39 is 0 Å². The molecule has 0 aliphatic carbocycles. The molecule has 0 radical (unpaired) electrons. The van der Waals surface area contributed by atoms with Gasteiger partial charge in [0.2, 0.25) is 5.91 Å². The molecule has 0 saturated carbocycles. The Morgan fingerprint density at radius 3 is 2.52 bits per heavy atom. The van der Waals surface area contributed by atoms with Gasteiger partial charge in [-0.05, 0) is 40.6 Å². The molecule has 1 aliphatic rings. The molecule has 4 rings (SSSR count). The van der Waals surface area contributed by atoms with Gasteiger partial charge in [-0.2, -0.15) is 5.10 Å². The molecule has 0 fully saturated rings. The van der Waals surface area contributed by atoms with Crippen molar-refractivity contribution in [3.05, 3.63) is 77.9 Å². The number of nitrogens with one attached hydrogen (secondary N) is 2. The maximum absolute atomic E-state index is 12.6. The van der Waals surface area contributed by atoms with Crippen molar-refractivity contribution in [2.75, 3.05) is 5.32 Å². The molecule has 1 aliphatic heterocycles. The van der Waals surface area contributed by atoms with Crippen molar-refractivity contribution >= 4 is 34.0 Å². The first-order chi connectivity index (χ1) is 13.1. The van der Waals surface area contributed by atoms with E-state index in [2.05, 4.69) is 15.8 Å². The number of carbonyl (C=O) groups is 2. The maximum Gasteiger partial charge on any atom is 0.255 e. The molecule has 27 heavy (non-hydrogen) atoms. The Morgan fingerprint density at radius 1 is 1.04 bits per heavy atom. The minimum Gasteiger partial charge on any atom is -0.322 e. The smallest absolute Gasteiger partial charge is 0.255 e. The summed E-state index contributed by atoms with van der Waals surface area (Å²) in [5.41, 5.74) is 5.64. The van der Waals surface area contributed by atoms with Crippen LogP contribution in [0.3, 0.4) is 0 Å². The number of rotatable bonds is 3. The summed E-state index contributed by atoms with van der Waals surface area (Å²) in [6.45, 7) is 1.98. The van der Waals surface area contributed by atoms with Crippen LogP contribution in [-0.4, -0.2) is 17.5 Å². The van der Waals surface area contributed by atoms with Crippen molar-refractivity contribution in [1.82, 2.24) is 5.43 Å². The van der Waals surface area contributed by atoms with Crippen molar-refractivity contribution in [2.45, 2.75) is 13.3 Å². The number of fused-ring (bicyclic) bond motifs is 1. The number of amides is 2. The molecule has 5 nitrogen and oxygen atoms in total. The summed E-state index contributed by atoms with van der Waals surface area (Å²) in [5, 5.41) is 9.22. The molecular weight excluding hydrogens is 338 g/mol. The van der Waals surface area contributed by atoms with E-state index in [1.807, 2.05) is 73.7 Å². The summed E-state index contributed by atoms with van der Waals surface area (Å²) in [6.07, 6.45) is 0.430. The lowest BCUT2D eigenvalue weighted by molar-refractivity contribution is -0.121. The van der Waals surface area contributed by atoms with E-state index in [-0.39, 0.29) is 17.7 Å². The Bertz CT molecular complexity index is 1050. The molecule has 3 aromatic carbocycles. The van der Waals surface area contributed by atoms with Crippen molar-refractivity contribution in [3.8, 4) is 0 Å². The fraction of sp³-hybridized carbons (Fsp3) is 0.136. The van der Waals surface area contributed by atoms with Crippen LogP contribution < -0.4 is 10.7 Å². The van der Waals surface area contributed by atoms with E-state index in [1.54, 1.807) is 0 Å². The largest absolute Gasteiger partial charge is 0.322 e. The van der Waals surface area contributed by atoms with Crippen LogP contribution in [0.4, 0.5) is 5.69 Å². The molecule has 5 heteroatoms. The molecule has 3 aromatic rings. The van der Waals surface area contributed by atoms with Crippen LogP contribution in [0.1, 0.15) is 29.3 Å². The summed E-state index contributed by atoms with van der Waals surface area (Å²) in [4.78, 5) is 23.9. The Kier molecular flexibility index (Phi) is 4.42. The van der Waals surface area contributed by atoms with Gasteiger partial charge in [0.05, 0.1) is 5.71 Å². The zero-order valence-electron chi connectivity index (χ0n) is 14.9. The zero-order valence-corrected chi connectivity index (χ0v) is 14.9. The molecule has 1 heterocycles. The lowest BCUT2D eigenvalue weighted by atomic mass is 9.94. The second kappa shape index (κ2) is 7.03. The van der Waals surface area contributed by atoms with Gasteiger partial charge in [-0.3, -0.25) is 9.59 Å². The SMILES string of the molecule is CC1CC(=O)NN=C1c1ccc(NC(=O)c2ccc3ccccc3c2)cc1. The summed E-state index contributed by atoms with van der Waals surface area (Å²) < 4.78 is 0. The number of hydrazone groups is 1. The molecule has 2 N–H and O–H groups in total. The summed E-state index contributed by atoms with van der Waals surface area (Å²) in [7, 11) is 0. The van der Waals surface area contributed by atoms with Crippen molar-refractivity contribution in [2.24, 2.45) is 11.0 Å². The number of hydrogen-bond donors (Lipinski definition) is 2. The highest BCUT2D eigenvalue weighted by Gasteiger charge is 2.21. The first kappa shape index (κ1) is 17.0. The van der Waals surface area contributed by atoms with E-state index in [9.17, 15) is 9.59 Å². The molecule has 134 valence electrons. The third kappa shape index (κ3) is 3.58. The molecular formula is C22H19N3O2. The minimum absolute atomic E-state index is 0.0643. The monoisotopic (exact) mass is 357 g/mol. The third-order valence-electron chi connectivity index (χ3n) is 4.71. The standard InChI is InChI=1S/C22H19N3O2/c1-14-12-20(26)24-25-21(14)16-8-10-19(11-9-16)23-22(27)18-7-6-15-4-2-3-5-17(15)13-18/h2-11,13-14H,12H2,1H3,(H,23,27)(H,24,26). The van der Waals surface area contributed by atoms with Gasteiger partial charge >= 0.3 is 0 Å². The van der Waals surface area contributed by atoms with Crippen LogP contribution >= 0.6 is 0 Å². The summed E-state index contributed by atoms with van der Waals surface area (Å²) in [6, 6.07) is 21.1. The maximum atomic E-state index is 12.6. The first-order valence-electron chi connectivity index (χ1n) is 8.87. The highest BCUT2D eigenvalue weighted by Crippen LogP contribution is 2.20. The van der Waals surface area contributed by atoms with Crippen LogP contribution in [0.25, 0.3) is 10.8 Å². The van der Waals surface area contributed by atoms with Gasteiger partial charge in [0.25, 0.3) is 5.91 Å². The van der Waals surface area contributed by atoms with E-state index >= 15 is 0 Å². The fourth-order valence-corrected chi connectivity index (χ4v) is 3.26. The Hall–Kier alpha value is -3.47. The number of nitrogens with zero attached hydrogens (tertiary/aromatic N) is 1. The molecule has 0 saturated heterocycles. The normalized spacial score (nSPS) is 16.6. The van der Waals surface area contributed by atoms with Gasteiger partial charge in [-0.15, -0.1) is 0 Å². The lowest BCUT2D eigenvalue weighted by Crippen LogP contribution is -2.31. The molecule has 0 bridgehead atoms. The number of benzene rings is 3.